The fourth-order valence-corrected chi connectivity index (χ4v) is 3.37. The molecule has 0 atom stereocenters. The number of hydrogen-bond donors (Lipinski definition) is 2. The van der Waals surface area contributed by atoms with E-state index < -0.39 is 0 Å². The third-order valence-electron chi connectivity index (χ3n) is 4.88. The first kappa shape index (κ1) is 23.9. The number of amides is 1. The van der Waals surface area contributed by atoms with E-state index in [0.717, 1.165) is 37.6 Å². The van der Waals surface area contributed by atoms with Gasteiger partial charge in [0.15, 0.2) is 5.96 Å². The summed E-state index contributed by atoms with van der Waals surface area (Å²) in [6.07, 6.45) is 4.70. The Hall–Kier alpha value is -2.42. The number of pyridine rings is 1. The minimum Gasteiger partial charge on any atom is -0.356 e. The Bertz CT molecular complexity index is 872. The Morgan fingerprint density at radius 3 is 2.53 bits per heavy atom. The van der Waals surface area contributed by atoms with E-state index in [1.807, 2.05) is 25.1 Å². The third-order valence-corrected chi connectivity index (χ3v) is 4.88. The van der Waals surface area contributed by atoms with Crippen LogP contribution in [0.5, 0.6) is 0 Å². The van der Waals surface area contributed by atoms with E-state index in [2.05, 4.69) is 55.9 Å². The molecule has 0 saturated carbocycles. The molecule has 0 spiro atoms. The smallest absolute Gasteiger partial charge is 0.227 e. The zero-order valence-electron chi connectivity index (χ0n) is 17.6. The summed E-state index contributed by atoms with van der Waals surface area (Å²) >= 11 is 0. The maximum absolute atomic E-state index is 12.1. The zero-order valence-corrected chi connectivity index (χ0v) is 19.9. The molecule has 0 bridgehead atoms. The summed E-state index contributed by atoms with van der Waals surface area (Å²) in [6, 6.07) is 16.0. The van der Waals surface area contributed by atoms with Gasteiger partial charge in [0.2, 0.25) is 5.91 Å². The summed E-state index contributed by atoms with van der Waals surface area (Å²) < 4.78 is 0. The van der Waals surface area contributed by atoms with Crippen molar-refractivity contribution in [3.05, 3.63) is 65.4 Å². The minimum absolute atomic E-state index is 0. The lowest BCUT2D eigenvalue weighted by atomic mass is 10.0. The molecule has 0 unspecified atom stereocenters. The number of nitrogens with zero attached hydrogens (tertiary/aromatic N) is 3. The van der Waals surface area contributed by atoms with Crippen molar-refractivity contribution in [1.82, 2.24) is 15.2 Å². The second kappa shape index (κ2) is 12.3. The lowest BCUT2D eigenvalue weighted by molar-refractivity contribution is -0.116. The number of anilines is 1. The van der Waals surface area contributed by atoms with Crippen LogP contribution >= 0.6 is 24.0 Å². The number of likely N-dealkylation sites (tertiary alicyclic amines) is 1. The number of aliphatic imine (C=N–C) groups is 1. The van der Waals surface area contributed by atoms with E-state index in [-0.39, 0.29) is 29.9 Å². The molecular formula is C23H30IN5O. The first-order valence-corrected chi connectivity index (χ1v) is 10.1. The molecule has 1 aromatic heterocycles. The number of carbonyl (C=O) groups is 1. The maximum Gasteiger partial charge on any atom is 0.227 e. The molecule has 1 fully saturated rings. The molecule has 1 amide bonds. The monoisotopic (exact) mass is 519 g/mol. The molecule has 0 radical (unpaired) electrons. The number of piperidine rings is 1. The van der Waals surface area contributed by atoms with Crippen molar-refractivity contribution in [3.8, 4) is 0 Å². The Labute approximate surface area is 195 Å². The first-order chi connectivity index (χ1) is 14.1. The van der Waals surface area contributed by atoms with Crippen LogP contribution in [0.2, 0.25) is 0 Å². The summed E-state index contributed by atoms with van der Waals surface area (Å²) in [5.74, 6) is 1.39. The predicted molar refractivity (Wildman–Crippen MR) is 134 cm³/mol. The van der Waals surface area contributed by atoms with E-state index in [0.29, 0.717) is 18.8 Å². The average Bonchev–Trinajstić information content (AvgIpc) is 2.73. The Balaban J connectivity index is 0.00000320. The van der Waals surface area contributed by atoms with Crippen molar-refractivity contribution in [3.63, 3.8) is 0 Å². The quantitative estimate of drug-likeness (QED) is 0.355. The maximum atomic E-state index is 12.1. The number of nitrogens with one attached hydrogen (secondary N) is 2. The van der Waals surface area contributed by atoms with Crippen molar-refractivity contribution < 1.29 is 4.79 Å². The summed E-state index contributed by atoms with van der Waals surface area (Å²) in [5, 5.41) is 6.14. The Morgan fingerprint density at radius 1 is 1.13 bits per heavy atom. The number of aryl methyl sites for hydroxylation is 1. The summed E-state index contributed by atoms with van der Waals surface area (Å²) in [6.45, 7) is 4.29. The highest BCUT2D eigenvalue weighted by molar-refractivity contribution is 14.0. The van der Waals surface area contributed by atoms with Gasteiger partial charge in [-0.25, -0.2) is 4.98 Å². The zero-order chi connectivity index (χ0) is 20.5. The molecule has 160 valence electrons. The molecule has 1 saturated heterocycles. The van der Waals surface area contributed by atoms with E-state index in [1.165, 1.54) is 11.1 Å². The molecule has 1 aromatic carbocycles. The van der Waals surface area contributed by atoms with Gasteiger partial charge < -0.3 is 15.5 Å². The van der Waals surface area contributed by atoms with Gasteiger partial charge in [0.1, 0.15) is 5.82 Å². The number of carbonyl (C=O) groups excluding carboxylic acids is 1. The summed E-state index contributed by atoms with van der Waals surface area (Å²) in [4.78, 5) is 23.1. The molecule has 0 aliphatic carbocycles. The van der Waals surface area contributed by atoms with Crippen LogP contribution in [-0.4, -0.2) is 48.4 Å². The van der Waals surface area contributed by atoms with Crippen molar-refractivity contribution in [1.29, 1.82) is 0 Å². The lowest BCUT2D eigenvalue weighted by Gasteiger charge is -2.31. The van der Waals surface area contributed by atoms with Gasteiger partial charge in [0.25, 0.3) is 0 Å². The highest BCUT2D eigenvalue weighted by Crippen LogP contribution is 2.19. The van der Waals surface area contributed by atoms with Crippen molar-refractivity contribution in [2.24, 2.45) is 4.99 Å². The largest absolute Gasteiger partial charge is 0.356 e. The molecule has 6 nitrogen and oxygen atoms in total. The number of halogens is 1. The average molecular weight is 519 g/mol. The van der Waals surface area contributed by atoms with Gasteiger partial charge >= 0.3 is 0 Å². The van der Waals surface area contributed by atoms with Gasteiger partial charge in [-0.2, -0.15) is 0 Å². The third kappa shape index (κ3) is 7.44. The highest BCUT2D eigenvalue weighted by Gasteiger charge is 2.17. The van der Waals surface area contributed by atoms with E-state index in [1.54, 1.807) is 13.1 Å². The molecule has 2 aromatic rings. The molecule has 30 heavy (non-hydrogen) atoms. The minimum atomic E-state index is -0.0576. The Morgan fingerprint density at radius 2 is 1.87 bits per heavy atom. The predicted octanol–water partition coefficient (Wildman–Crippen LogP) is 4.09. The van der Waals surface area contributed by atoms with Crippen molar-refractivity contribution in [2.75, 3.05) is 32.0 Å². The number of aromatic nitrogens is 1. The Kier molecular flexibility index (Phi) is 9.79. The van der Waals surface area contributed by atoms with Crippen LogP contribution in [0, 0.1) is 6.92 Å². The second-order valence-corrected chi connectivity index (χ2v) is 7.14. The van der Waals surface area contributed by atoms with Gasteiger partial charge in [-0.3, -0.25) is 9.79 Å². The molecule has 2 N–H and O–H groups in total. The van der Waals surface area contributed by atoms with Crippen LogP contribution in [0.25, 0.3) is 6.08 Å². The second-order valence-electron chi connectivity index (χ2n) is 7.14. The lowest BCUT2D eigenvalue weighted by Crippen LogP contribution is -2.45. The van der Waals surface area contributed by atoms with Crippen LogP contribution in [0.15, 0.2) is 59.1 Å². The molecule has 1 aliphatic rings. The van der Waals surface area contributed by atoms with Gasteiger partial charge in [-0.15, -0.1) is 24.0 Å². The number of benzene rings is 1. The van der Waals surface area contributed by atoms with E-state index in [4.69, 9.17) is 0 Å². The summed E-state index contributed by atoms with van der Waals surface area (Å²) in [5.41, 5.74) is 3.60. The summed E-state index contributed by atoms with van der Waals surface area (Å²) in [7, 11) is 1.79. The first-order valence-electron chi connectivity index (χ1n) is 10.1. The molecular weight excluding hydrogens is 489 g/mol. The van der Waals surface area contributed by atoms with Crippen LogP contribution < -0.4 is 10.6 Å². The number of guanidine groups is 1. The number of rotatable bonds is 5. The van der Waals surface area contributed by atoms with Gasteiger partial charge in [-0.1, -0.05) is 48.0 Å². The van der Waals surface area contributed by atoms with Crippen LogP contribution in [0.3, 0.4) is 0 Å². The standard InChI is InChI=1S/C23H29N5O.HI/c1-18-7-6-10-21(26-18)27-22(29)11-14-25-23(24-2)28-15-12-20(13-16-28)17-19-8-4-3-5-9-19;/h3-10,17H,11-16H2,1-2H3,(H,24,25)(H,26,27,29);1H. The van der Waals surface area contributed by atoms with E-state index >= 15 is 0 Å². The van der Waals surface area contributed by atoms with E-state index in [9.17, 15) is 4.79 Å². The normalized spacial score (nSPS) is 14.0. The van der Waals surface area contributed by atoms with Crippen LogP contribution in [0.1, 0.15) is 30.5 Å². The van der Waals surface area contributed by atoms with Crippen LogP contribution in [0.4, 0.5) is 5.82 Å². The van der Waals surface area contributed by atoms with Crippen molar-refractivity contribution >= 4 is 47.7 Å². The highest BCUT2D eigenvalue weighted by atomic mass is 127. The fraction of sp³-hybridized carbons (Fsp3) is 0.348. The topological polar surface area (TPSA) is 69.6 Å². The van der Waals surface area contributed by atoms with Crippen LogP contribution in [-0.2, 0) is 4.79 Å². The number of hydrogen-bond acceptors (Lipinski definition) is 3. The van der Waals surface area contributed by atoms with Gasteiger partial charge in [0, 0.05) is 38.8 Å². The molecule has 1 aliphatic heterocycles. The van der Waals surface area contributed by atoms with Gasteiger partial charge in [0.05, 0.1) is 0 Å². The van der Waals surface area contributed by atoms with Gasteiger partial charge in [-0.05, 0) is 37.5 Å². The fourth-order valence-electron chi connectivity index (χ4n) is 3.37. The molecule has 7 heteroatoms. The van der Waals surface area contributed by atoms with Crippen molar-refractivity contribution in [2.45, 2.75) is 26.2 Å². The molecule has 3 rings (SSSR count). The molecule has 2 heterocycles. The SMILES string of the molecule is CN=C(NCCC(=O)Nc1cccc(C)n1)N1CCC(=Cc2ccccc2)CC1.I.